The minimum absolute atomic E-state index is 0.621. The van der Waals surface area contributed by atoms with Gasteiger partial charge in [-0.15, -0.1) is 0 Å². The number of likely N-dealkylation sites (tertiary alicyclic amines) is 1. The molecule has 0 radical (unpaired) electrons. The van der Waals surface area contributed by atoms with E-state index in [9.17, 15) is 0 Å². The van der Waals surface area contributed by atoms with E-state index in [1.165, 1.54) is 6.42 Å². The largest absolute Gasteiger partial charge is 0.338 e. The number of benzene rings is 1. The topological polar surface area (TPSA) is 67.9 Å². The molecule has 2 aromatic heterocycles. The minimum atomic E-state index is 0.621. The van der Waals surface area contributed by atoms with Crippen molar-refractivity contribution in [2.24, 2.45) is 11.8 Å². The fraction of sp³-hybridized carbons (Fsp3) is 0.429. The van der Waals surface area contributed by atoms with Crippen LogP contribution in [0.5, 0.6) is 0 Å². The van der Waals surface area contributed by atoms with E-state index in [0.29, 0.717) is 30.1 Å². The second-order valence-electron chi connectivity index (χ2n) is 7.72. The van der Waals surface area contributed by atoms with Crippen LogP contribution in [0.15, 0.2) is 41.1 Å². The van der Waals surface area contributed by atoms with Gasteiger partial charge in [0.1, 0.15) is 5.82 Å². The van der Waals surface area contributed by atoms with Crippen LogP contribution in [0.3, 0.4) is 0 Å². The average Bonchev–Trinajstić information content (AvgIpc) is 3.09. The number of aryl methyl sites for hydroxylation is 1. The third kappa shape index (κ3) is 4.22. The van der Waals surface area contributed by atoms with Crippen molar-refractivity contribution in [3.63, 3.8) is 0 Å². The number of hydrogen-bond donors (Lipinski definition) is 0. The Labute approximate surface area is 159 Å². The lowest BCUT2D eigenvalue weighted by Gasteiger charge is -2.33. The van der Waals surface area contributed by atoms with Gasteiger partial charge in [-0.1, -0.05) is 37.2 Å². The summed E-state index contributed by atoms with van der Waals surface area (Å²) in [6.45, 7) is 9.40. The molecule has 0 bridgehead atoms. The molecule has 1 aromatic carbocycles. The van der Waals surface area contributed by atoms with Crippen LogP contribution in [0.1, 0.15) is 32.0 Å². The zero-order valence-corrected chi connectivity index (χ0v) is 16.1. The van der Waals surface area contributed by atoms with Crippen LogP contribution >= 0.6 is 0 Å². The highest BCUT2D eigenvalue weighted by Gasteiger charge is 2.23. The third-order valence-electron chi connectivity index (χ3n) is 4.96. The predicted octanol–water partition coefficient (Wildman–Crippen LogP) is 3.98. The molecular formula is C21H25N5O. The average molecular weight is 363 g/mol. The van der Waals surface area contributed by atoms with Gasteiger partial charge in [-0.3, -0.25) is 4.90 Å². The van der Waals surface area contributed by atoms with Crippen molar-refractivity contribution in [3.8, 4) is 22.6 Å². The van der Waals surface area contributed by atoms with Crippen molar-refractivity contribution in [2.75, 3.05) is 13.1 Å². The van der Waals surface area contributed by atoms with Crippen LogP contribution in [-0.2, 0) is 6.54 Å². The molecule has 0 aliphatic carbocycles. The fourth-order valence-electron chi connectivity index (χ4n) is 3.98. The molecule has 140 valence electrons. The van der Waals surface area contributed by atoms with Crippen LogP contribution in [0.25, 0.3) is 22.6 Å². The predicted molar refractivity (Wildman–Crippen MR) is 104 cm³/mol. The summed E-state index contributed by atoms with van der Waals surface area (Å²) >= 11 is 0. The molecule has 0 amide bonds. The molecule has 1 aliphatic rings. The van der Waals surface area contributed by atoms with Gasteiger partial charge in [-0.25, -0.2) is 9.97 Å². The maximum Gasteiger partial charge on any atom is 0.241 e. The summed E-state index contributed by atoms with van der Waals surface area (Å²) < 4.78 is 5.53. The molecule has 1 saturated heterocycles. The van der Waals surface area contributed by atoms with Gasteiger partial charge < -0.3 is 4.52 Å². The van der Waals surface area contributed by atoms with Gasteiger partial charge in [0.15, 0.2) is 0 Å². The molecule has 6 heteroatoms. The maximum absolute atomic E-state index is 5.53. The second-order valence-corrected chi connectivity index (χ2v) is 7.72. The molecule has 3 heterocycles. The molecule has 0 unspecified atom stereocenters. The zero-order valence-electron chi connectivity index (χ0n) is 16.1. The molecule has 0 spiro atoms. The lowest BCUT2D eigenvalue weighted by atomic mass is 9.92. The third-order valence-corrected chi connectivity index (χ3v) is 4.96. The molecule has 0 N–H and O–H groups in total. The Morgan fingerprint density at radius 3 is 2.63 bits per heavy atom. The molecule has 1 fully saturated rings. The molecule has 0 saturated carbocycles. The first-order valence-corrected chi connectivity index (χ1v) is 9.52. The van der Waals surface area contributed by atoms with E-state index in [1.807, 2.05) is 37.3 Å². The standard InChI is InChI=1S/C21H25N5O/c1-14-9-15(2)12-26(11-14)13-20-24-21(25-27-20)18-6-4-5-17(10-18)19-7-8-22-16(3)23-19/h4-8,10,14-15H,9,11-13H2,1-3H3/t14-,15-/m0/s1. The van der Waals surface area contributed by atoms with Crippen molar-refractivity contribution < 1.29 is 4.52 Å². The van der Waals surface area contributed by atoms with E-state index in [2.05, 4.69) is 38.9 Å². The Bertz CT molecular complexity index is 912. The summed E-state index contributed by atoms with van der Waals surface area (Å²) in [6.07, 6.45) is 3.07. The van der Waals surface area contributed by atoms with E-state index in [4.69, 9.17) is 4.52 Å². The molecule has 27 heavy (non-hydrogen) atoms. The fourth-order valence-corrected chi connectivity index (χ4v) is 3.98. The number of nitrogens with zero attached hydrogens (tertiary/aromatic N) is 5. The van der Waals surface area contributed by atoms with E-state index >= 15 is 0 Å². The number of piperidine rings is 1. The van der Waals surface area contributed by atoms with Gasteiger partial charge >= 0.3 is 0 Å². The van der Waals surface area contributed by atoms with Crippen LogP contribution in [0.2, 0.25) is 0 Å². The van der Waals surface area contributed by atoms with Crippen LogP contribution in [0, 0.1) is 18.8 Å². The lowest BCUT2D eigenvalue weighted by Crippen LogP contribution is -2.38. The first kappa shape index (κ1) is 17.8. The Balaban J connectivity index is 1.52. The number of rotatable bonds is 4. The monoisotopic (exact) mass is 363 g/mol. The quantitative estimate of drug-likeness (QED) is 0.698. The van der Waals surface area contributed by atoms with E-state index in [1.54, 1.807) is 6.20 Å². The summed E-state index contributed by atoms with van der Waals surface area (Å²) in [7, 11) is 0. The highest BCUT2D eigenvalue weighted by atomic mass is 16.5. The first-order chi connectivity index (χ1) is 13.1. The maximum atomic E-state index is 5.53. The smallest absolute Gasteiger partial charge is 0.241 e. The Kier molecular flexibility index (Phi) is 4.99. The van der Waals surface area contributed by atoms with Crippen molar-refractivity contribution in [3.05, 3.63) is 48.2 Å². The molecule has 6 nitrogen and oxygen atoms in total. The van der Waals surface area contributed by atoms with Crippen LogP contribution in [-0.4, -0.2) is 38.1 Å². The Morgan fingerprint density at radius 1 is 1.07 bits per heavy atom. The van der Waals surface area contributed by atoms with E-state index in [0.717, 1.165) is 35.7 Å². The van der Waals surface area contributed by atoms with Crippen LogP contribution < -0.4 is 0 Å². The highest BCUT2D eigenvalue weighted by molar-refractivity contribution is 5.67. The first-order valence-electron chi connectivity index (χ1n) is 9.52. The van der Waals surface area contributed by atoms with Gasteiger partial charge in [-0.05, 0) is 37.3 Å². The van der Waals surface area contributed by atoms with Gasteiger partial charge in [0.05, 0.1) is 12.2 Å². The van der Waals surface area contributed by atoms with Crippen LogP contribution in [0.4, 0.5) is 0 Å². The Morgan fingerprint density at radius 2 is 1.85 bits per heavy atom. The van der Waals surface area contributed by atoms with Crippen molar-refractivity contribution in [1.29, 1.82) is 0 Å². The van der Waals surface area contributed by atoms with Gasteiger partial charge in [-0.2, -0.15) is 4.98 Å². The molecule has 2 atom stereocenters. The molecule has 1 aliphatic heterocycles. The number of hydrogen-bond acceptors (Lipinski definition) is 6. The number of aromatic nitrogens is 4. The minimum Gasteiger partial charge on any atom is -0.338 e. The summed E-state index contributed by atoms with van der Waals surface area (Å²) in [5.41, 5.74) is 2.84. The van der Waals surface area contributed by atoms with Crippen molar-refractivity contribution in [2.45, 2.75) is 33.7 Å². The molecule has 4 rings (SSSR count). The normalized spacial score (nSPS) is 20.7. The van der Waals surface area contributed by atoms with Crippen molar-refractivity contribution in [1.82, 2.24) is 25.0 Å². The molecule has 3 aromatic rings. The summed E-state index contributed by atoms with van der Waals surface area (Å²) in [6, 6.07) is 9.97. The van der Waals surface area contributed by atoms with Gasteiger partial charge in [0, 0.05) is 30.4 Å². The highest BCUT2D eigenvalue weighted by Crippen LogP contribution is 2.25. The lowest BCUT2D eigenvalue weighted by molar-refractivity contribution is 0.121. The SMILES string of the molecule is Cc1nccc(-c2cccc(-c3noc(CN4C[C@@H](C)C[C@H](C)C4)n3)c2)n1. The second kappa shape index (κ2) is 7.56. The van der Waals surface area contributed by atoms with Gasteiger partial charge in [0.2, 0.25) is 11.7 Å². The summed E-state index contributed by atoms with van der Waals surface area (Å²) in [5, 5.41) is 4.20. The van der Waals surface area contributed by atoms with Crippen molar-refractivity contribution >= 4 is 0 Å². The molecular weight excluding hydrogens is 338 g/mol. The summed E-state index contributed by atoms with van der Waals surface area (Å²) in [4.78, 5) is 15.7. The van der Waals surface area contributed by atoms with Gasteiger partial charge in [0.25, 0.3) is 0 Å². The summed E-state index contributed by atoms with van der Waals surface area (Å²) in [5.74, 6) is 3.48. The van der Waals surface area contributed by atoms with E-state index in [-0.39, 0.29) is 0 Å². The zero-order chi connectivity index (χ0) is 18.8. The van der Waals surface area contributed by atoms with E-state index < -0.39 is 0 Å². The Hall–Kier alpha value is -2.60.